The Kier molecular flexibility index (Phi) is 8.77. The van der Waals surface area contributed by atoms with Gasteiger partial charge in [-0.25, -0.2) is 9.97 Å². The molecule has 1 aromatic carbocycles. The third-order valence-electron chi connectivity index (χ3n) is 6.80. The van der Waals surface area contributed by atoms with Crippen molar-refractivity contribution < 1.29 is 14.3 Å². The van der Waals surface area contributed by atoms with E-state index < -0.39 is 0 Å². The molecule has 1 saturated carbocycles. The van der Waals surface area contributed by atoms with Gasteiger partial charge in [-0.05, 0) is 50.2 Å². The molecule has 0 saturated heterocycles. The maximum Gasteiger partial charge on any atom is 0.223 e. The summed E-state index contributed by atoms with van der Waals surface area (Å²) < 4.78 is 5.45. The molecule has 0 spiro atoms. The number of nitrogens with one attached hydrogen (secondary N) is 2. The number of ether oxygens (including phenoxy) is 1. The molecule has 11 heteroatoms. The molecular weight excluding hydrogens is 502 g/mol. The number of anilines is 3. The van der Waals surface area contributed by atoms with Gasteiger partial charge >= 0.3 is 0 Å². The topological polar surface area (TPSA) is 138 Å². The SMILES string of the molecule is CN(C)C(=O)CCN(C=O)C1CC1.COc1cc(N)c(C=N)cc1Nc1ncnc2sc3c(c12)CCCC3. The van der Waals surface area contributed by atoms with Gasteiger partial charge in [0.2, 0.25) is 12.3 Å². The summed E-state index contributed by atoms with van der Waals surface area (Å²) in [6.07, 6.45) is 10.9. The minimum atomic E-state index is 0.0764. The second-order valence-corrected chi connectivity index (χ2v) is 10.8. The predicted octanol–water partition coefficient (Wildman–Crippen LogP) is 3.99. The molecule has 2 amide bonds. The lowest BCUT2D eigenvalue weighted by Gasteiger charge is -2.17. The molecule has 38 heavy (non-hydrogen) atoms. The quantitative estimate of drug-likeness (QED) is 0.213. The van der Waals surface area contributed by atoms with Gasteiger partial charge in [0.15, 0.2) is 0 Å². The molecule has 0 bridgehead atoms. The molecule has 202 valence electrons. The normalized spacial score (nSPS) is 14.1. The Morgan fingerprint density at radius 1 is 1.26 bits per heavy atom. The van der Waals surface area contributed by atoms with Crippen molar-refractivity contribution in [2.45, 2.75) is 51.0 Å². The van der Waals surface area contributed by atoms with Crippen LogP contribution in [-0.4, -0.2) is 72.1 Å². The van der Waals surface area contributed by atoms with Gasteiger partial charge < -0.3 is 31.0 Å². The lowest BCUT2D eigenvalue weighted by Crippen LogP contribution is -2.30. The second kappa shape index (κ2) is 12.2. The monoisotopic (exact) mass is 537 g/mol. The lowest BCUT2D eigenvalue weighted by molar-refractivity contribution is -0.129. The van der Waals surface area contributed by atoms with Crippen LogP contribution < -0.4 is 15.8 Å². The van der Waals surface area contributed by atoms with Gasteiger partial charge in [0.1, 0.15) is 22.7 Å². The van der Waals surface area contributed by atoms with E-state index in [9.17, 15) is 9.59 Å². The highest BCUT2D eigenvalue weighted by Crippen LogP contribution is 2.40. The van der Waals surface area contributed by atoms with Crippen LogP contribution in [0.5, 0.6) is 5.75 Å². The molecule has 0 unspecified atom stereocenters. The Morgan fingerprint density at radius 3 is 2.68 bits per heavy atom. The van der Waals surface area contributed by atoms with Crippen LogP contribution in [-0.2, 0) is 22.4 Å². The molecule has 0 atom stereocenters. The number of hydrogen-bond donors (Lipinski definition) is 3. The first kappa shape index (κ1) is 27.3. The average Bonchev–Trinajstić information content (AvgIpc) is 3.69. The van der Waals surface area contributed by atoms with E-state index in [1.807, 2.05) is 6.07 Å². The molecule has 2 aliphatic carbocycles. The maximum absolute atomic E-state index is 11.2. The first-order valence-corrected chi connectivity index (χ1v) is 13.6. The fourth-order valence-electron chi connectivity index (χ4n) is 4.49. The number of carbonyl (C=O) groups is 2. The molecular formula is C27H35N7O3S. The maximum atomic E-state index is 11.2. The van der Waals surface area contributed by atoms with Crippen molar-refractivity contribution in [1.29, 1.82) is 5.41 Å². The van der Waals surface area contributed by atoms with Gasteiger partial charge in [0, 0.05) is 61.5 Å². The van der Waals surface area contributed by atoms with Gasteiger partial charge in [0.25, 0.3) is 0 Å². The average molecular weight is 538 g/mol. The molecule has 2 aromatic heterocycles. The van der Waals surface area contributed by atoms with E-state index in [0.29, 0.717) is 36.0 Å². The number of hydrogen-bond acceptors (Lipinski definition) is 9. The summed E-state index contributed by atoms with van der Waals surface area (Å²) in [6, 6.07) is 3.95. The van der Waals surface area contributed by atoms with Gasteiger partial charge in [0.05, 0.1) is 18.2 Å². The Morgan fingerprint density at radius 2 is 2.03 bits per heavy atom. The van der Waals surface area contributed by atoms with E-state index in [-0.39, 0.29) is 5.91 Å². The number of nitrogens with two attached hydrogens (primary N) is 1. The summed E-state index contributed by atoms with van der Waals surface area (Å²) >= 11 is 1.77. The van der Waals surface area contributed by atoms with E-state index in [2.05, 4.69) is 15.3 Å². The number of amides is 2. The lowest BCUT2D eigenvalue weighted by atomic mass is 9.97. The smallest absolute Gasteiger partial charge is 0.223 e. The number of benzene rings is 1. The van der Waals surface area contributed by atoms with E-state index >= 15 is 0 Å². The molecule has 3 aromatic rings. The minimum Gasteiger partial charge on any atom is -0.494 e. The number of aryl methyl sites for hydroxylation is 2. The van der Waals surface area contributed by atoms with E-state index in [1.54, 1.807) is 54.7 Å². The highest BCUT2D eigenvalue weighted by atomic mass is 32.1. The largest absolute Gasteiger partial charge is 0.494 e. The van der Waals surface area contributed by atoms with Gasteiger partial charge in [-0.2, -0.15) is 0 Å². The van der Waals surface area contributed by atoms with Crippen LogP contribution in [0.3, 0.4) is 0 Å². The molecule has 0 radical (unpaired) electrons. The summed E-state index contributed by atoms with van der Waals surface area (Å²) in [7, 11) is 5.06. The van der Waals surface area contributed by atoms with Crippen molar-refractivity contribution in [3.63, 3.8) is 0 Å². The van der Waals surface area contributed by atoms with Crippen molar-refractivity contribution in [3.8, 4) is 5.75 Å². The van der Waals surface area contributed by atoms with E-state index in [4.69, 9.17) is 15.9 Å². The first-order chi connectivity index (χ1) is 18.4. The highest BCUT2D eigenvalue weighted by Gasteiger charge is 2.28. The van der Waals surface area contributed by atoms with E-state index in [0.717, 1.165) is 53.8 Å². The van der Waals surface area contributed by atoms with Crippen LogP contribution in [0.25, 0.3) is 10.2 Å². The van der Waals surface area contributed by atoms with Crippen LogP contribution in [0, 0.1) is 5.41 Å². The fraction of sp³-hybridized carbons (Fsp3) is 0.444. The molecule has 1 fully saturated rings. The Hall–Kier alpha value is -3.73. The third-order valence-corrected chi connectivity index (χ3v) is 8.00. The number of thiophene rings is 1. The zero-order chi connectivity index (χ0) is 27.2. The van der Waals surface area contributed by atoms with Crippen molar-refractivity contribution in [2.24, 2.45) is 0 Å². The predicted molar refractivity (Wildman–Crippen MR) is 152 cm³/mol. The number of rotatable bonds is 9. The summed E-state index contributed by atoms with van der Waals surface area (Å²) in [4.78, 5) is 36.4. The zero-order valence-electron chi connectivity index (χ0n) is 22.1. The number of nitrogens with zero attached hydrogens (tertiary/aromatic N) is 4. The van der Waals surface area contributed by atoms with Crippen LogP contribution in [0.2, 0.25) is 0 Å². The van der Waals surface area contributed by atoms with Crippen LogP contribution in [0.15, 0.2) is 18.5 Å². The Labute approximate surface area is 226 Å². The number of nitrogen functional groups attached to an aromatic ring is 1. The van der Waals surface area contributed by atoms with Crippen LogP contribution >= 0.6 is 11.3 Å². The molecule has 2 heterocycles. The molecule has 5 rings (SSSR count). The summed E-state index contributed by atoms with van der Waals surface area (Å²) in [5.41, 5.74) is 9.22. The molecule has 0 aliphatic heterocycles. The van der Waals surface area contributed by atoms with Crippen LogP contribution in [0.1, 0.15) is 48.1 Å². The molecule has 2 aliphatic rings. The standard InChI is InChI=1S/C18H19N5OS.C9H16N2O2/c1-24-14-7-12(20)10(8-19)6-13(14)23-17-16-11-4-2-3-5-15(11)25-18(16)22-9-21-17;1-10(2)9(13)5-6-11(7-12)8-3-4-8/h6-9,19H,2-5,20H2,1H3,(H,21,22,23);7-8H,3-6H2,1-2H3. The van der Waals surface area contributed by atoms with Crippen molar-refractivity contribution in [3.05, 3.63) is 34.5 Å². The van der Waals surface area contributed by atoms with Gasteiger partial charge in [-0.1, -0.05) is 0 Å². The fourth-order valence-corrected chi connectivity index (χ4v) is 5.72. The Bertz CT molecular complexity index is 1320. The summed E-state index contributed by atoms with van der Waals surface area (Å²) in [6.45, 7) is 0.561. The van der Waals surface area contributed by atoms with E-state index in [1.165, 1.54) is 29.5 Å². The number of fused-ring (bicyclic) bond motifs is 3. The summed E-state index contributed by atoms with van der Waals surface area (Å²) in [5.74, 6) is 1.48. The Balaban J connectivity index is 0.000000219. The van der Waals surface area contributed by atoms with Gasteiger partial charge in [-0.15, -0.1) is 11.3 Å². The number of aromatic nitrogens is 2. The third kappa shape index (κ3) is 6.21. The zero-order valence-corrected chi connectivity index (χ0v) is 22.9. The van der Waals surface area contributed by atoms with Crippen molar-refractivity contribution in [2.75, 3.05) is 38.8 Å². The number of methoxy groups -OCH3 is 1. The second-order valence-electron chi connectivity index (χ2n) is 9.68. The van der Waals surface area contributed by atoms with Crippen molar-refractivity contribution >= 4 is 57.3 Å². The van der Waals surface area contributed by atoms with Crippen molar-refractivity contribution in [1.82, 2.24) is 19.8 Å². The molecule has 4 N–H and O–H groups in total. The highest BCUT2D eigenvalue weighted by molar-refractivity contribution is 7.19. The first-order valence-electron chi connectivity index (χ1n) is 12.8. The van der Waals surface area contributed by atoms with Crippen LogP contribution in [0.4, 0.5) is 17.2 Å². The summed E-state index contributed by atoms with van der Waals surface area (Å²) in [5, 5.41) is 12.0. The van der Waals surface area contributed by atoms with Gasteiger partial charge in [-0.3, -0.25) is 9.59 Å². The number of carbonyl (C=O) groups excluding carboxylic acids is 2. The minimum absolute atomic E-state index is 0.0764. The molecule has 10 nitrogen and oxygen atoms in total.